The van der Waals surface area contributed by atoms with Crippen molar-refractivity contribution in [2.24, 2.45) is 5.41 Å². The van der Waals surface area contributed by atoms with Gasteiger partial charge in [0.25, 0.3) is 0 Å². The van der Waals surface area contributed by atoms with Crippen LogP contribution in [0.4, 0.5) is 0 Å². The molecule has 15 heavy (non-hydrogen) atoms. The first-order chi connectivity index (χ1) is 7.14. The molecule has 0 N–H and O–H groups in total. The average molecular weight is 212 g/mol. The third-order valence-corrected chi connectivity index (χ3v) is 3.25. The van der Waals surface area contributed by atoms with Crippen LogP contribution >= 0.6 is 0 Å². The van der Waals surface area contributed by atoms with Gasteiger partial charge in [-0.15, -0.1) is 0 Å². The van der Waals surface area contributed by atoms with E-state index in [-0.39, 0.29) is 11.4 Å². The van der Waals surface area contributed by atoms with Gasteiger partial charge in [-0.05, 0) is 19.3 Å². The Morgan fingerprint density at radius 3 is 2.33 bits per heavy atom. The van der Waals surface area contributed by atoms with Gasteiger partial charge in [0.1, 0.15) is 0 Å². The second kappa shape index (κ2) is 7.49. The third-order valence-electron chi connectivity index (χ3n) is 3.25. The zero-order chi connectivity index (χ0) is 11.7. The summed E-state index contributed by atoms with van der Waals surface area (Å²) in [4.78, 5) is 11.0. The molecule has 0 aliphatic heterocycles. The zero-order valence-electron chi connectivity index (χ0n) is 10.3. The van der Waals surface area contributed by atoms with Crippen molar-refractivity contribution < 1.29 is 9.53 Å². The van der Waals surface area contributed by atoms with Crippen molar-refractivity contribution >= 4 is 5.97 Å². The van der Waals surface area contributed by atoms with E-state index in [9.17, 15) is 4.79 Å². The monoisotopic (exact) mass is 212 g/mol. The molecule has 0 radical (unpaired) electrons. The molecule has 0 heterocycles. The first-order valence-electron chi connectivity index (χ1n) is 5.93. The Bertz CT molecular complexity index is 193. The Hall–Kier alpha value is -0.790. The van der Waals surface area contributed by atoms with Crippen LogP contribution in [0.5, 0.6) is 0 Å². The minimum atomic E-state index is -0.308. The smallest absolute Gasteiger partial charge is 0.330 e. The molecule has 0 aromatic carbocycles. The van der Waals surface area contributed by atoms with Gasteiger partial charge < -0.3 is 4.74 Å². The quantitative estimate of drug-likeness (QED) is 0.453. The predicted molar refractivity (Wildman–Crippen MR) is 63.7 cm³/mol. The third kappa shape index (κ3) is 5.01. The molecule has 88 valence electrons. The van der Waals surface area contributed by atoms with Gasteiger partial charge in [0, 0.05) is 11.5 Å². The Morgan fingerprint density at radius 2 is 1.93 bits per heavy atom. The normalized spacial score (nSPS) is 11.1. The lowest BCUT2D eigenvalue weighted by molar-refractivity contribution is -0.141. The van der Waals surface area contributed by atoms with Crippen LogP contribution in [0.3, 0.4) is 0 Å². The second-order valence-electron chi connectivity index (χ2n) is 4.12. The van der Waals surface area contributed by atoms with Gasteiger partial charge in [0.15, 0.2) is 0 Å². The van der Waals surface area contributed by atoms with Crippen LogP contribution in [0.2, 0.25) is 0 Å². The highest BCUT2D eigenvalue weighted by atomic mass is 16.5. The van der Waals surface area contributed by atoms with Crippen LogP contribution < -0.4 is 0 Å². The highest BCUT2D eigenvalue weighted by Gasteiger charge is 2.26. The molecule has 2 nitrogen and oxygen atoms in total. The summed E-state index contributed by atoms with van der Waals surface area (Å²) in [6.07, 6.45) is 6.89. The van der Waals surface area contributed by atoms with Crippen molar-refractivity contribution in [1.82, 2.24) is 0 Å². The van der Waals surface area contributed by atoms with E-state index in [1.807, 2.05) is 0 Å². The summed E-state index contributed by atoms with van der Waals surface area (Å²) >= 11 is 0. The molecule has 0 saturated carbocycles. The fourth-order valence-electron chi connectivity index (χ4n) is 1.71. The van der Waals surface area contributed by atoms with Gasteiger partial charge in [-0.2, -0.15) is 0 Å². The fraction of sp³-hybridized carbons (Fsp3) is 0.769. The van der Waals surface area contributed by atoms with Gasteiger partial charge >= 0.3 is 5.97 Å². The lowest BCUT2D eigenvalue weighted by Crippen LogP contribution is -2.26. The molecule has 2 heteroatoms. The van der Waals surface area contributed by atoms with E-state index in [2.05, 4.69) is 27.4 Å². The summed E-state index contributed by atoms with van der Waals surface area (Å²) in [6.45, 7) is 10.5. The molecule has 0 unspecified atom stereocenters. The van der Waals surface area contributed by atoms with E-state index < -0.39 is 0 Å². The van der Waals surface area contributed by atoms with Crippen LogP contribution in [-0.2, 0) is 9.53 Å². The van der Waals surface area contributed by atoms with Gasteiger partial charge in [0.2, 0.25) is 0 Å². The summed E-state index contributed by atoms with van der Waals surface area (Å²) in [7, 11) is 0. The standard InChI is InChI=1S/C13H24O2/c1-5-9-10-13(7-3,8-4)11-15-12(14)6-2/h6H,2,5,7-11H2,1,3-4H3. The lowest BCUT2D eigenvalue weighted by atomic mass is 9.78. The number of carbonyl (C=O) groups excluding carboxylic acids is 1. The highest BCUT2D eigenvalue weighted by molar-refractivity contribution is 5.81. The molecule has 0 rings (SSSR count). The molecule has 0 saturated heterocycles. The molecule has 0 fully saturated rings. The fourth-order valence-corrected chi connectivity index (χ4v) is 1.71. The van der Waals surface area contributed by atoms with Crippen molar-refractivity contribution in [1.29, 1.82) is 0 Å². The Kier molecular flexibility index (Phi) is 7.10. The molecule has 0 aromatic rings. The maximum absolute atomic E-state index is 11.0. The van der Waals surface area contributed by atoms with Gasteiger partial charge in [-0.3, -0.25) is 0 Å². The molecular formula is C13H24O2. The number of ether oxygens (including phenoxy) is 1. The highest BCUT2D eigenvalue weighted by Crippen LogP contribution is 2.32. The van der Waals surface area contributed by atoms with E-state index in [0.717, 1.165) is 19.3 Å². The van der Waals surface area contributed by atoms with E-state index in [0.29, 0.717) is 6.61 Å². The minimum Gasteiger partial charge on any atom is -0.462 e. The Labute approximate surface area is 93.7 Å². The van der Waals surface area contributed by atoms with Gasteiger partial charge in [-0.1, -0.05) is 40.2 Å². The molecular weight excluding hydrogens is 188 g/mol. The molecule has 0 atom stereocenters. The largest absolute Gasteiger partial charge is 0.462 e. The summed E-state index contributed by atoms with van der Waals surface area (Å²) < 4.78 is 5.18. The van der Waals surface area contributed by atoms with Crippen LogP contribution in [0.15, 0.2) is 12.7 Å². The SMILES string of the molecule is C=CC(=O)OCC(CC)(CC)CCCC. The van der Waals surface area contributed by atoms with E-state index in [1.165, 1.54) is 18.9 Å². The van der Waals surface area contributed by atoms with Crippen molar-refractivity contribution in [2.45, 2.75) is 52.9 Å². The van der Waals surface area contributed by atoms with Crippen LogP contribution in [0, 0.1) is 5.41 Å². The van der Waals surface area contributed by atoms with Crippen LogP contribution in [0.1, 0.15) is 52.9 Å². The maximum Gasteiger partial charge on any atom is 0.330 e. The van der Waals surface area contributed by atoms with Crippen molar-refractivity contribution in [3.8, 4) is 0 Å². The first-order valence-corrected chi connectivity index (χ1v) is 5.93. The van der Waals surface area contributed by atoms with Crippen LogP contribution in [-0.4, -0.2) is 12.6 Å². The average Bonchev–Trinajstić information content (AvgIpc) is 2.30. The van der Waals surface area contributed by atoms with E-state index in [4.69, 9.17) is 4.74 Å². The number of esters is 1. The number of unbranched alkanes of at least 4 members (excludes halogenated alkanes) is 1. The van der Waals surface area contributed by atoms with E-state index >= 15 is 0 Å². The number of hydrogen-bond donors (Lipinski definition) is 0. The molecule has 0 aliphatic rings. The molecule has 0 aliphatic carbocycles. The van der Waals surface area contributed by atoms with Gasteiger partial charge in [0.05, 0.1) is 6.61 Å². The Balaban J connectivity index is 4.22. The minimum absolute atomic E-state index is 0.175. The van der Waals surface area contributed by atoms with Crippen LogP contribution in [0.25, 0.3) is 0 Å². The Morgan fingerprint density at radius 1 is 1.33 bits per heavy atom. The summed E-state index contributed by atoms with van der Waals surface area (Å²) in [6, 6.07) is 0. The molecule has 0 aromatic heterocycles. The number of hydrogen-bond acceptors (Lipinski definition) is 2. The van der Waals surface area contributed by atoms with E-state index in [1.54, 1.807) is 0 Å². The van der Waals surface area contributed by atoms with Crippen molar-refractivity contribution in [3.05, 3.63) is 12.7 Å². The second-order valence-corrected chi connectivity index (χ2v) is 4.12. The molecule has 0 bridgehead atoms. The number of rotatable bonds is 8. The molecule has 0 spiro atoms. The predicted octanol–water partition coefficient (Wildman–Crippen LogP) is 3.71. The topological polar surface area (TPSA) is 26.3 Å². The summed E-state index contributed by atoms with van der Waals surface area (Å²) in [5, 5.41) is 0. The first kappa shape index (κ1) is 14.2. The van der Waals surface area contributed by atoms with Gasteiger partial charge in [-0.25, -0.2) is 4.79 Å². The molecule has 0 amide bonds. The zero-order valence-corrected chi connectivity index (χ0v) is 10.3. The van der Waals surface area contributed by atoms with Crippen molar-refractivity contribution in [2.75, 3.05) is 6.61 Å². The summed E-state index contributed by atoms with van der Waals surface area (Å²) in [5.41, 5.74) is 0.175. The summed E-state index contributed by atoms with van der Waals surface area (Å²) in [5.74, 6) is -0.308. The van der Waals surface area contributed by atoms with Crippen molar-refractivity contribution in [3.63, 3.8) is 0 Å². The maximum atomic E-state index is 11.0. The lowest BCUT2D eigenvalue weighted by Gasteiger charge is -2.30. The number of carbonyl (C=O) groups is 1.